The van der Waals surface area contributed by atoms with E-state index in [1.165, 1.54) is 30.2 Å². The number of thioether (sulfide) groups is 2. The molecule has 212 valence electrons. The minimum atomic E-state index is -1.92. The molecule has 1 aromatic rings. The van der Waals surface area contributed by atoms with Crippen LogP contribution in [0.3, 0.4) is 0 Å². The van der Waals surface area contributed by atoms with Crippen molar-refractivity contribution in [2.75, 3.05) is 18.6 Å². The second kappa shape index (κ2) is 11.9. The summed E-state index contributed by atoms with van der Waals surface area (Å²) in [5, 5.41) is 2.88. The number of esters is 1. The van der Waals surface area contributed by atoms with Crippen molar-refractivity contribution in [3.63, 3.8) is 0 Å². The Morgan fingerprint density at radius 2 is 1.76 bits per heavy atom. The Morgan fingerprint density at radius 1 is 1.11 bits per heavy atom. The van der Waals surface area contributed by atoms with Crippen molar-refractivity contribution < 1.29 is 23.5 Å². The molecule has 0 bridgehead atoms. The SMILES string of the molecule is COC(=O)C(CCC1(C2=Cc3ccc(O[Si](C)(C)C(C)(C)C)cc3C2)SCCCS1)NC(=O)OC(C)(C)C. The summed E-state index contributed by atoms with van der Waals surface area (Å²) < 4.78 is 16.9. The van der Waals surface area contributed by atoms with Crippen molar-refractivity contribution in [1.82, 2.24) is 5.32 Å². The van der Waals surface area contributed by atoms with Crippen LogP contribution in [0.2, 0.25) is 18.1 Å². The number of amides is 1. The van der Waals surface area contributed by atoms with Gasteiger partial charge in [0.15, 0.2) is 0 Å². The van der Waals surface area contributed by atoms with Crippen LogP contribution in [0, 0.1) is 0 Å². The second-order valence-electron chi connectivity index (χ2n) is 12.6. The Kier molecular flexibility index (Phi) is 9.68. The van der Waals surface area contributed by atoms with Crippen LogP contribution in [0.4, 0.5) is 4.79 Å². The lowest BCUT2D eigenvalue weighted by Crippen LogP contribution is -2.45. The van der Waals surface area contributed by atoms with E-state index in [1.54, 1.807) is 20.8 Å². The van der Waals surface area contributed by atoms with Crippen LogP contribution in [0.5, 0.6) is 5.75 Å². The molecule has 1 aliphatic heterocycles. The third kappa shape index (κ3) is 7.75. The zero-order chi connectivity index (χ0) is 28.4. The number of methoxy groups -OCH3 is 1. The first-order valence-corrected chi connectivity index (χ1v) is 18.3. The van der Waals surface area contributed by atoms with E-state index in [-0.39, 0.29) is 9.12 Å². The van der Waals surface area contributed by atoms with Crippen LogP contribution in [0.1, 0.15) is 71.9 Å². The third-order valence-corrected chi connectivity index (χ3v) is 15.3. The molecule has 0 aromatic heterocycles. The normalized spacial score (nSPS) is 18.2. The molecular formula is C29H45NO5S2Si. The van der Waals surface area contributed by atoms with Gasteiger partial charge in [0.1, 0.15) is 17.4 Å². The Morgan fingerprint density at radius 3 is 2.34 bits per heavy atom. The standard InChI is InChI=1S/C29H45NO5S2Si/c1-27(2,3)34-26(32)30-24(25(31)33-7)13-14-29(36-15-10-16-37-29)22-17-20-11-12-23(19-21(20)18-22)35-38(8,9)28(4,5)6/h11-12,17,19,24H,10,13-16,18H2,1-9H3,(H,30,32). The number of carbonyl (C=O) groups is 2. The van der Waals surface area contributed by atoms with E-state index in [0.29, 0.717) is 6.42 Å². The van der Waals surface area contributed by atoms with Gasteiger partial charge in [-0.2, -0.15) is 0 Å². The molecule has 1 aliphatic carbocycles. The summed E-state index contributed by atoms with van der Waals surface area (Å²) in [5.41, 5.74) is 3.26. The quantitative estimate of drug-likeness (QED) is 0.254. The Labute approximate surface area is 238 Å². The van der Waals surface area contributed by atoms with Crippen LogP contribution < -0.4 is 9.74 Å². The molecule has 3 rings (SSSR count). The molecule has 1 heterocycles. The number of ether oxygens (including phenoxy) is 2. The first-order chi connectivity index (χ1) is 17.6. The third-order valence-electron chi connectivity index (χ3n) is 7.39. The number of alkyl carbamates (subject to hydrolysis) is 1. The molecule has 0 saturated carbocycles. The Bertz CT molecular complexity index is 1050. The van der Waals surface area contributed by atoms with Gasteiger partial charge in [0.2, 0.25) is 8.32 Å². The highest BCUT2D eigenvalue weighted by Gasteiger charge is 2.42. The van der Waals surface area contributed by atoms with Crippen LogP contribution in [-0.2, 0) is 20.7 Å². The summed E-state index contributed by atoms with van der Waals surface area (Å²) in [6, 6.07) is 5.73. The van der Waals surface area contributed by atoms with E-state index in [1.807, 2.05) is 23.5 Å². The molecule has 1 amide bonds. The van der Waals surface area contributed by atoms with E-state index in [0.717, 1.165) is 30.1 Å². The average molecular weight is 580 g/mol. The summed E-state index contributed by atoms with van der Waals surface area (Å²) in [6.07, 6.45) is 4.97. The van der Waals surface area contributed by atoms with E-state index in [2.05, 4.69) is 63.5 Å². The van der Waals surface area contributed by atoms with E-state index in [9.17, 15) is 9.59 Å². The van der Waals surface area contributed by atoms with Gasteiger partial charge >= 0.3 is 12.1 Å². The van der Waals surface area contributed by atoms with E-state index >= 15 is 0 Å². The molecule has 2 aliphatic rings. The maximum absolute atomic E-state index is 12.6. The van der Waals surface area contributed by atoms with Gasteiger partial charge in [0, 0.05) is 0 Å². The highest BCUT2D eigenvalue weighted by molar-refractivity contribution is 8.19. The predicted molar refractivity (Wildman–Crippen MR) is 163 cm³/mol. The average Bonchev–Trinajstić information content (AvgIpc) is 3.24. The summed E-state index contributed by atoms with van der Waals surface area (Å²) in [4.78, 5) is 25.0. The van der Waals surface area contributed by atoms with Crippen LogP contribution in [-0.4, -0.2) is 54.7 Å². The first-order valence-electron chi connectivity index (χ1n) is 13.4. The number of hydrogen-bond acceptors (Lipinski definition) is 7. The number of fused-ring (bicyclic) bond motifs is 1. The summed E-state index contributed by atoms with van der Waals surface area (Å²) >= 11 is 3.92. The van der Waals surface area contributed by atoms with Gasteiger partial charge < -0.3 is 19.2 Å². The largest absolute Gasteiger partial charge is 0.543 e. The van der Waals surface area contributed by atoms with E-state index in [4.69, 9.17) is 13.9 Å². The van der Waals surface area contributed by atoms with Gasteiger partial charge in [-0.1, -0.05) is 32.9 Å². The Balaban J connectivity index is 1.77. The monoisotopic (exact) mass is 579 g/mol. The van der Waals surface area contributed by atoms with Crippen molar-refractivity contribution in [1.29, 1.82) is 0 Å². The predicted octanol–water partition coefficient (Wildman–Crippen LogP) is 7.42. The van der Waals surface area contributed by atoms with Crippen molar-refractivity contribution >= 4 is 50.0 Å². The lowest BCUT2D eigenvalue weighted by molar-refractivity contribution is -0.143. The van der Waals surface area contributed by atoms with Crippen LogP contribution in [0.25, 0.3) is 6.08 Å². The van der Waals surface area contributed by atoms with Crippen LogP contribution >= 0.6 is 23.5 Å². The fourth-order valence-corrected chi connectivity index (χ4v) is 8.75. The van der Waals surface area contributed by atoms with Crippen molar-refractivity contribution in [2.45, 2.75) is 101 Å². The molecule has 1 N–H and O–H groups in total. The molecule has 1 saturated heterocycles. The molecule has 1 atom stereocenters. The van der Waals surface area contributed by atoms with Gasteiger partial charge in [-0.3, -0.25) is 0 Å². The van der Waals surface area contributed by atoms with Gasteiger partial charge in [0.25, 0.3) is 0 Å². The van der Waals surface area contributed by atoms with Crippen LogP contribution in [0.15, 0.2) is 23.8 Å². The number of nitrogens with one attached hydrogen (secondary N) is 1. The van der Waals surface area contributed by atoms with Gasteiger partial charge in [0.05, 0.1) is 11.2 Å². The van der Waals surface area contributed by atoms with Crippen molar-refractivity contribution in [3.8, 4) is 5.75 Å². The number of rotatable bonds is 8. The smallest absolute Gasteiger partial charge is 0.408 e. The molecular weight excluding hydrogens is 535 g/mol. The lowest BCUT2D eigenvalue weighted by atomic mass is 10.0. The molecule has 1 aromatic carbocycles. The zero-order valence-corrected chi connectivity index (χ0v) is 27.1. The minimum Gasteiger partial charge on any atom is -0.543 e. The summed E-state index contributed by atoms with van der Waals surface area (Å²) in [5.74, 6) is 2.65. The fourth-order valence-electron chi connectivity index (χ4n) is 4.32. The zero-order valence-electron chi connectivity index (χ0n) is 24.5. The molecule has 38 heavy (non-hydrogen) atoms. The van der Waals surface area contributed by atoms with Gasteiger partial charge in [-0.25, -0.2) is 9.59 Å². The molecule has 6 nitrogen and oxygen atoms in total. The Hall–Kier alpha value is -1.58. The number of carbonyl (C=O) groups excluding carboxylic acids is 2. The van der Waals surface area contributed by atoms with Gasteiger partial charge in [-0.15, -0.1) is 23.5 Å². The highest BCUT2D eigenvalue weighted by atomic mass is 32.2. The molecule has 1 fully saturated rings. The first kappa shape index (κ1) is 31.0. The van der Waals surface area contributed by atoms with Gasteiger partial charge in [-0.05, 0) is 105 Å². The molecule has 9 heteroatoms. The number of benzene rings is 1. The summed E-state index contributed by atoms with van der Waals surface area (Å²) in [7, 11) is -0.572. The second-order valence-corrected chi connectivity index (χ2v) is 20.4. The summed E-state index contributed by atoms with van der Waals surface area (Å²) in [6.45, 7) is 16.7. The topological polar surface area (TPSA) is 73.9 Å². The van der Waals surface area contributed by atoms with E-state index < -0.39 is 32.0 Å². The number of hydrogen-bond donors (Lipinski definition) is 1. The van der Waals surface area contributed by atoms with Crippen molar-refractivity contribution in [3.05, 3.63) is 34.9 Å². The fraction of sp³-hybridized carbons (Fsp3) is 0.655. The molecule has 0 spiro atoms. The highest BCUT2D eigenvalue weighted by Crippen LogP contribution is 2.54. The maximum atomic E-state index is 12.6. The minimum absolute atomic E-state index is 0.137. The lowest BCUT2D eigenvalue weighted by Gasteiger charge is -2.38. The maximum Gasteiger partial charge on any atom is 0.408 e. The molecule has 0 radical (unpaired) electrons. The van der Waals surface area contributed by atoms with Crippen molar-refractivity contribution in [2.24, 2.45) is 0 Å². The molecule has 1 unspecified atom stereocenters.